The van der Waals surface area contributed by atoms with Crippen molar-refractivity contribution >= 4 is 11.4 Å². The number of hydrazine groups is 2. The predicted octanol–water partition coefficient (Wildman–Crippen LogP) is 1.87. The van der Waals surface area contributed by atoms with Gasteiger partial charge in [-0.05, 0) is 12.1 Å². The van der Waals surface area contributed by atoms with E-state index in [0.29, 0.717) is 5.69 Å². The van der Waals surface area contributed by atoms with Crippen molar-refractivity contribution in [2.75, 3.05) is 17.5 Å². The second kappa shape index (κ2) is 3.20. The van der Waals surface area contributed by atoms with Gasteiger partial charge in [0, 0.05) is 13.1 Å². The van der Waals surface area contributed by atoms with E-state index in [2.05, 4.69) is 15.7 Å². The first-order valence-corrected chi connectivity index (χ1v) is 4.11. The number of nitrogens with zero attached hydrogens (tertiary/aromatic N) is 1. The maximum Gasteiger partial charge on any atom is 0.573 e. The molecule has 0 saturated carbocycles. The molecule has 0 unspecified atom stereocenters. The average molecular weight is 219 g/mol. The van der Waals surface area contributed by atoms with Crippen molar-refractivity contribution in [3.05, 3.63) is 18.2 Å². The van der Waals surface area contributed by atoms with Crippen molar-refractivity contribution in [2.45, 2.75) is 6.36 Å². The summed E-state index contributed by atoms with van der Waals surface area (Å²) >= 11 is 0. The van der Waals surface area contributed by atoms with Gasteiger partial charge in [0.15, 0.2) is 0 Å². The molecule has 0 bridgehead atoms. The Hall–Kier alpha value is -1.63. The number of halogens is 3. The van der Waals surface area contributed by atoms with E-state index >= 15 is 0 Å². The van der Waals surface area contributed by atoms with Gasteiger partial charge in [-0.1, -0.05) is 0 Å². The van der Waals surface area contributed by atoms with E-state index in [0.717, 1.165) is 5.69 Å². The van der Waals surface area contributed by atoms with Gasteiger partial charge in [-0.25, -0.2) is 0 Å². The van der Waals surface area contributed by atoms with Gasteiger partial charge in [-0.2, -0.15) is 0 Å². The normalized spacial score (nSPS) is 14.8. The molecule has 0 aliphatic carbocycles. The third kappa shape index (κ3) is 2.07. The predicted molar refractivity (Wildman–Crippen MR) is 48.3 cm³/mol. The lowest BCUT2D eigenvalue weighted by molar-refractivity contribution is -0.274. The van der Waals surface area contributed by atoms with Gasteiger partial charge < -0.3 is 10.2 Å². The molecule has 0 saturated heterocycles. The second-order valence-electron chi connectivity index (χ2n) is 3.02. The Bertz CT molecular complexity index is 380. The van der Waals surface area contributed by atoms with Crippen LogP contribution in [0.15, 0.2) is 18.2 Å². The van der Waals surface area contributed by atoms with Gasteiger partial charge in [0.2, 0.25) is 0 Å². The van der Waals surface area contributed by atoms with Crippen LogP contribution < -0.4 is 20.7 Å². The molecule has 4 nitrogen and oxygen atoms in total. The first-order chi connectivity index (χ1) is 6.96. The summed E-state index contributed by atoms with van der Waals surface area (Å²) in [6.45, 7) is 0. The van der Waals surface area contributed by atoms with Crippen LogP contribution in [0.1, 0.15) is 0 Å². The first kappa shape index (κ1) is 9.91. The molecule has 0 aromatic heterocycles. The molecule has 15 heavy (non-hydrogen) atoms. The van der Waals surface area contributed by atoms with E-state index < -0.39 is 6.36 Å². The Balaban J connectivity index is 2.24. The number of nitrogens with one attached hydrogen (secondary N) is 2. The number of benzene rings is 1. The quantitative estimate of drug-likeness (QED) is 0.756. The van der Waals surface area contributed by atoms with Gasteiger partial charge in [0.05, 0.1) is 11.4 Å². The molecule has 7 heteroatoms. The number of hydrogen-bond donors (Lipinski definition) is 2. The van der Waals surface area contributed by atoms with Crippen molar-refractivity contribution < 1.29 is 17.9 Å². The molecule has 82 valence electrons. The standard InChI is InChI=1S/C8H8F3N3O/c1-14-7-3-2-5(15-8(9,10)11)4-6(7)12-13-14/h2-4,12-13H,1H3. The molecule has 2 rings (SSSR count). The molecule has 2 N–H and O–H groups in total. The van der Waals surface area contributed by atoms with E-state index in [-0.39, 0.29) is 5.75 Å². The number of rotatable bonds is 1. The fourth-order valence-electron chi connectivity index (χ4n) is 1.31. The van der Waals surface area contributed by atoms with Crippen molar-refractivity contribution in [3.63, 3.8) is 0 Å². The summed E-state index contributed by atoms with van der Waals surface area (Å²) in [5.74, 6) is -0.245. The minimum Gasteiger partial charge on any atom is -0.406 e. The maximum atomic E-state index is 11.9. The van der Waals surface area contributed by atoms with Crippen LogP contribution in [0.5, 0.6) is 5.75 Å². The Morgan fingerprint density at radius 1 is 1.33 bits per heavy atom. The third-order valence-corrected chi connectivity index (χ3v) is 1.92. The molecule has 1 aromatic rings. The Morgan fingerprint density at radius 3 is 2.73 bits per heavy atom. The summed E-state index contributed by atoms with van der Waals surface area (Å²) in [5.41, 5.74) is 6.72. The molecule has 0 fully saturated rings. The lowest BCUT2D eigenvalue weighted by atomic mass is 10.2. The van der Waals surface area contributed by atoms with Crippen LogP contribution in [0, 0.1) is 0 Å². The minimum absolute atomic E-state index is 0.245. The highest BCUT2D eigenvalue weighted by atomic mass is 19.4. The van der Waals surface area contributed by atoms with Crippen LogP contribution in [0.25, 0.3) is 0 Å². The van der Waals surface area contributed by atoms with E-state index in [4.69, 9.17) is 0 Å². The molecule has 0 atom stereocenters. The smallest absolute Gasteiger partial charge is 0.406 e. The van der Waals surface area contributed by atoms with Crippen LogP contribution in [0.3, 0.4) is 0 Å². The maximum absolute atomic E-state index is 11.9. The monoisotopic (exact) mass is 219 g/mol. The van der Waals surface area contributed by atoms with Crippen molar-refractivity contribution in [3.8, 4) is 5.75 Å². The summed E-state index contributed by atoms with van der Waals surface area (Å²) < 4.78 is 39.5. The molecular weight excluding hydrogens is 211 g/mol. The Labute approximate surface area is 83.6 Å². The van der Waals surface area contributed by atoms with Crippen LogP contribution in [0.4, 0.5) is 24.5 Å². The van der Waals surface area contributed by atoms with Crippen molar-refractivity contribution in [1.29, 1.82) is 0 Å². The number of alkyl halides is 3. The molecular formula is C8H8F3N3O. The minimum atomic E-state index is -4.66. The van der Waals surface area contributed by atoms with Crippen LogP contribution >= 0.6 is 0 Å². The van der Waals surface area contributed by atoms with E-state index in [1.54, 1.807) is 12.1 Å². The van der Waals surface area contributed by atoms with Crippen LogP contribution in [-0.2, 0) is 0 Å². The SMILES string of the molecule is CN1NNc2cc(OC(F)(F)F)ccc21. The van der Waals surface area contributed by atoms with Gasteiger partial charge >= 0.3 is 6.36 Å². The molecule has 1 aliphatic rings. The summed E-state index contributed by atoms with van der Waals surface area (Å²) in [7, 11) is 1.74. The molecule has 1 heterocycles. The summed E-state index contributed by atoms with van der Waals surface area (Å²) in [5, 5.41) is 1.65. The number of hydrogen-bond acceptors (Lipinski definition) is 4. The fraction of sp³-hybridized carbons (Fsp3) is 0.250. The molecule has 0 spiro atoms. The highest BCUT2D eigenvalue weighted by Gasteiger charge is 2.31. The van der Waals surface area contributed by atoms with Gasteiger partial charge in [-0.3, -0.25) is 5.01 Å². The van der Waals surface area contributed by atoms with E-state index in [1.165, 1.54) is 18.2 Å². The van der Waals surface area contributed by atoms with Gasteiger partial charge in [0.25, 0.3) is 0 Å². The Morgan fingerprint density at radius 2 is 2.07 bits per heavy atom. The molecule has 0 radical (unpaired) electrons. The van der Waals surface area contributed by atoms with Crippen molar-refractivity contribution in [1.82, 2.24) is 5.53 Å². The highest BCUT2D eigenvalue weighted by molar-refractivity contribution is 5.74. The zero-order chi connectivity index (χ0) is 11.1. The number of fused-ring (bicyclic) bond motifs is 1. The molecule has 0 amide bonds. The molecule has 1 aliphatic heterocycles. The number of ether oxygens (including phenoxy) is 1. The third-order valence-electron chi connectivity index (χ3n) is 1.92. The zero-order valence-electron chi connectivity index (χ0n) is 7.72. The lowest BCUT2D eigenvalue weighted by Crippen LogP contribution is -2.31. The first-order valence-electron chi connectivity index (χ1n) is 4.11. The number of anilines is 2. The fourth-order valence-corrected chi connectivity index (χ4v) is 1.31. The average Bonchev–Trinajstić information content (AvgIpc) is 2.45. The lowest BCUT2D eigenvalue weighted by Gasteiger charge is -2.11. The summed E-state index contributed by atoms with van der Waals surface area (Å²) in [6.07, 6.45) is -4.66. The van der Waals surface area contributed by atoms with E-state index in [9.17, 15) is 13.2 Å². The summed E-state index contributed by atoms with van der Waals surface area (Å²) in [6, 6.07) is 4.07. The van der Waals surface area contributed by atoms with Gasteiger partial charge in [-0.15, -0.1) is 18.7 Å². The topological polar surface area (TPSA) is 36.5 Å². The highest BCUT2D eigenvalue weighted by Crippen LogP contribution is 2.33. The second-order valence-corrected chi connectivity index (χ2v) is 3.02. The summed E-state index contributed by atoms with van der Waals surface area (Å²) in [4.78, 5) is 0. The molecule has 1 aromatic carbocycles. The van der Waals surface area contributed by atoms with Crippen molar-refractivity contribution in [2.24, 2.45) is 0 Å². The largest absolute Gasteiger partial charge is 0.573 e. The Kier molecular flexibility index (Phi) is 2.11. The van der Waals surface area contributed by atoms with Gasteiger partial charge in [0.1, 0.15) is 5.75 Å². The van der Waals surface area contributed by atoms with E-state index in [1.807, 2.05) is 0 Å². The zero-order valence-corrected chi connectivity index (χ0v) is 7.72. The van der Waals surface area contributed by atoms with Crippen LogP contribution in [0.2, 0.25) is 0 Å². The van der Waals surface area contributed by atoms with Crippen LogP contribution in [-0.4, -0.2) is 13.4 Å².